The van der Waals surface area contributed by atoms with Crippen molar-refractivity contribution in [3.05, 3.63) is 65.2 Å². The van der Waals surface area contributed by atoms with Crippen molar-refractivity contribution in [1.82, 2.24) is 5.32 Å². The van der Waals surface area contributed by atoms with Crippen LogP contribution in [0, 0.1) is 0 Å². The second-order valence-corrected chi connectivity index (χ2v) is 6.53. The minimum atomic E-state index is -0.0629. The van der Waals surface area contributed by atoms with Crippen molar-refractivity contribution < 1.29 is 0 Å². The number of para-hydroxylation sites is 1. The summed E-state index contributed by atoms with van der Waals surface area (Å²) in [6.07, 6.45) is 4.63. The maximum Gasteiger partial charge on any atom is 0.171 e. The Morgan fingerprint density at radius 3 is 2.27 bits per heavy atom. The zero-order chi connectivity index (χ0) is 15.4. The molecule has 1 aliphatic carbocycles. The number of benzene rings is 2. The summed E-state index contributed by atoms with van der Waals surface area (Å²) in [4.78, 5) is 0. The average molecular weight is 331 g/mol. The van der Waals surface area contributed by atoms with E-state index in [9.17, 15) is 0 Å². The van der Waals surface area contributed by atoms with Crippen LogP contribution in [0.2, 0.25) is 5.02 Å². The molecule has 1 saturated carbocycles. The van der Waals surface area contributed by atoms with Crippen molar-refractivity contribution in [3.63, 3.8) is 0 Å². The quantitative estimate of drug-likeness (QED) is 0.766. The number of halogens is 1. The summed E-state index contributed by atoms with van der Waals surface area (Å²) in [5.41, 5.74) is 2.07. The Balaban J connectivity index is 1.77. The highest BCUT2D eigenvalue weighted by atomic mass is 35.5. The molecule has 0 amide bonds. The lowest BCUT2D eigenvalue weighted by molar-refractivity contribution is 0.408. The summed E-state index contributed by atoms with van der Waals surface area (Å²) < 4.78 is 0. The first-order valence-electron chi connectivity index (χ1n) is 7.59. The van der Waals surface area contributed by atoms with Crippen molar-refractivity contribution in [2.45, 2.75) is 31.2 Å². The van der Waals surface area contributed by atoms with Crippen LogP contribution >= 0.6 is 23.8 Å². The lowest BCUT2D eigenvalue weighted by Gasteiger charge is -2.32. The van der Waals surface area contributed by atoms with Gasteiger partial charge in [-0.2, -0.15) is 0 Å². The zero-order valence-electron chi connectivity index (χ0n) is 12.3. The molecule has 3 rings (SSSR count). The van der Waals surface area contributed by atoms with Gasteiger partial charge < -0.3 is 10.6 Å². The molecule has 2 aromatic rings. The van der Waals surface area contributed by atoms with Gasteiger partial charge in [0.15, 0.2) is 5.11 Å². The first-order chi connectivity index (χ1) is 10.7. The molecule has 0 bridgehead atoms. The summed E-state index contributed by atoms with van der Waals surface area (Å²) in [5.74, 6) is 0. The van der Waals surface area contributed by atoms with Crippen LogP contribution < -0.4 is 10.6 Å². The molecule has 2 aromatic carbocycles. The Hall–Kier alpha value is -1.58. The van der Waals surface area contributed by atoms with Crippen LogP contribution in [0.3, 0.4) is 0 Å². The second kappa shape index (κ2) is 6.67. The van der Waals surface area contributed by atoms with Gasteiger partial charge in [0, 0.05) is 0 Å². The number of hydrogen-bond donors (Lipinski definition) is 2. The van der Waals surface area contributed by atoms with E-state index in [1.165, 1.54) is 18.4 Å². The SMILES string of the molecule is S=C(Nc1ccccc1Cl)NC1(c2ccccc2)CCCC1. The number of hydrogen-bond acceptors (Lipinski definition) is 1. The predicted molar refractivity (Wildman–Crippen MR) is 97.4 cm³/mol. The fourth-order valence-electron chi connectivity index (χ4n) is 3.16. The van der Waals surface area contributed by atoms with Crippen molar-refractivity contribution in [1.29, 1.82) is 0 Å². The molecule has 2 nitrogen and oxygen atoms in total. The predicted octanol–water partition coefficient (Wildman–Crippen LogP) is 5.10. The Morgan fingerprint density at radius 2 is 1.59 bits per heavy atom. The molecule has 4 heteroatoms. The topological polar surface area (TPSA) is 24.1 Å². The summed E-state index contributed by atoms with van der Waals surface area (Å²) in [6, 6.07) is 18.2. The highest BCUT2D eigenvalue weighted by Crippen LogP contribution is 2.38. The van der Waals surface area contributed by atoms with E-state index in [0.29, 0.717) is 10.1 Å². The van der Waals surface area contributed by atoms with Gasteiger partial charge in [-0.05, 0) is 42.8 Å². The van der Waals surface area contributed by atoms with Crippen LogP contribution in [-0.2, 0) is 5.54 Å². The maximum atomic E-state index is 6.19. The summed E-state index contributed by atoms with van der Waals surface area (Å²) >= 11 is 11.7. The zero-order valence-corrected chi connectivity index (χ0v) is 13.9. The maximum absolute atomic E-state index is 6.19. The minimum absolute atomic E-state index is 0.0629. The fourth-order valence-corrected chi connectivity index (χ4v) is 3.64. The lowest BCUT2D eigenvalue weighted by Crippen LogP contribution is -2.45. The highest BCUT2D eigenvalue weighted by Gasteiger charge is 2.36. The Bertz CT molecular complexity index is 651. The van der Waals surface area contributed by atoms with Gasteiger partial charge in [0.05, 0.1) is 16.2 Å². The van der Waals surface area contributed by atoms with Crippen molar-refractivity contribution >= 4 is 34.6 Å². The standard InChI is InChI=1S/C18H19ClN2S/c19-15-10-4-5-11-16(15)20-17(22)21-18(12-6-7-13-18)14-8-2-1-3-9-14/h1-5,8-11H,6-7,12-13H2,(H2,20,21,22). The van der Waals surface area contributed by atoms with Crippen LogP contribution in [-0.4, -0.2) is 5.11 Å². The molecule has 0 spiro atoms. The minimum Gasteiger partial charge on any atom is -0.353 e. The van der Waals surface area contributed by atoms with Crippen LogP contribution in [0.4, 0.5) is 5.69 Å². The third-order valence-electron chi connectivity index (χ3n) is 4.26. The van der Waals surface area contributed by atoms with Crippen LogP contribution in [0.25, 0.3) is 0 Å². The summed E-state index contributed by atoms with van der Waals surface area (Å²) in [6.45, 7) is 0. The Kier molecular flexibility index (Phi) is 4.65. The highest BCUT2D eigenvalue weighted by molar-refractivity contribution is 7.80. The average Bonchev–Trinajstić information content (AvgIpc) is 3.00. The monoisotopic (exact) mass is 330 g/mol. The van der Waals surface area contributed by atoms with Gasteiger partial charge >= 0.3 is 0 Å². The molecule has 1 aliphatic rings. The van der Waals surface area contributed by atoms with E-state index >= 15 is 0 Å². The van der Waals surface area contributed by atoms with Gasteiger partial charge in [-0.15, -0.1) is 0 Å². The van der Waals surface area contributed by atoms with Gasteiger partial charge in [-0.25, -0.2) is 0 Å². The fraction of sp³-hybridized carbons (Fsp3) is 0.278. The number of rotatable bonds is 3. The van der Waals surface area contributed by atoms with Crippen LogP contribution in [0.15, 0.2) is 54.6 Å². The normalized spacial score (nSPS) is 16.2. The molecule has 1 fully saturated rings. The molecule has 0 radical (unpaired) electrons. The van der Waals surface area contributed by atoms with E-state index in [4.69, 9.17) is 23.8 Å². The third kappa shape index (κ3) is 3.26. The molecule has 0 aliphatic heterocycles. The van der Waals surface area contributed by atoms with E-state index < -0.39 is 0 Å². The Morgan fingerprint density at radius 1 is 0.955 bits per heavy atom. The molecule has 0 atom stereocenters. The molecule has 0 heterocycles. The molecule has 114 valence electrons. The van der Waals surface area contributed by atoms with Crippen LogP contribution in [0.1, 0.15) is 31.2 Å². The van der Waals surface area contributed by atoms with E-state index in [1.54, 1.807) is 0 Å². The molecule has 22 heavy (non-hydrogen) atoms. The number of nitrogens with one attached hydrogen (secondary N) is 2. The third-order valence-corrected chi connectivity index (χ3v) is 4.79. The van der Waals surface area contributed by atoms with Gasteiger partial charge in [-0.1, -0.05) is 66.9 Å². The Labute approximate surface area is 141 Å². The van der Waals surface area contributed by atoms with Crippen molar-refractivity contribution in [3.8, 4) is 0 Å². The first-order valence-corrected chi connectivity index (χ1v) is 8.37. The summed E-state index contributed by atoms with van der Waals surface area (Å²) in [5, 5.41) is 8.06. The van der Waals surface area contributed by atoms with E-state index in [0.717, 1.165) is 18.5 Å². The molecule has 0 aromatic heterocycles. The second-order valence-electron chi connectivity index (χ2n) is 5.71. The largest absolute Gasteiger partial charge is 0.353 e. The molecular weight excluding hydrogens is 312 g/mol. The number of thiocarbonyl (C=S) groups is 1. The molecule has 0 unspecified atom stereocenters. The molecular formula is C18H19ClN2S. The van der Waals surface area contributed by atoms with Crippen molar-refractivity contribution in [2.75, 3.05) is 5.32 Å². The van der Waals surface area contributed by atoms with E-state index in [1.807, 2.05) is 30.3 Å². The van der Waals surface area contributed by atoms with E-state index in [2.05, 4.69) is 34.9 Å². The van der Waals surface area contributed by atoms with Crippen molar-refractivity contribution in [2.24, 2.45) is 0 Å². The lowest BCUT2D eigenvalue weighted by atomic mass is 9.88. The van der Waals surface area contributed by atoms with Gasteiger partial charge in [0.2, 0.25) is 0 Å². The van der Waals surface area contributed by atoms with Gasteiger partial charge in [0.25, 0.3) is 0 Å². The smallest absolute Gasteiger partial charge is 0.171 e. The molecule has 2 N–H and O–H groups in total. The van der Waals surface area contributed by atoms with Gasteiger partial charge in [0.1, 0.15) is 0 Å². The molecule has 0 saturated heterocycles. The first kappa shape index (κ1) is 15.3. The number of anilines is 1. The van der Waals surface area contributed by atoms with Gasteiger partial charge in [-0.3, -0.25) is 0 Å². The summed E-state index contributed by atoms with van der Waals surface area (Å²) in [7, 11) is 0. The van der Waals surface area contributed by atoms with Crippen LogP contribution in [0.5, 0.6) is 0 Å². The van der Waals surface area contributed by atoms with E-state index in [-0.39, 0.29) is 5.54 Å².